The maximum atomic E-state index is 5.56. The molecule has 1 aromatic rings. The van der Waals surface area contributed by atoms with Crippen molar-refractivity contribution in [3.05, 3.63) is 28.2 Å². The Bertz CT molecular complexity index is 461. The molecule has 1 aromatic carbocycles. The molecule has 0 aliphatic rings. The number of benzene rings is 1. The summed E-state index contributed by atoms with van der Waals surface area (Å²) in [6, 6.07) is 5.87. The largest absolute Gasteiger partial charge is 0.370 e. The van der Waals surface area contributed by atoms with Crippen molar-refractivity contribution in [1.82, 2.24) is 0 Å². The first kappa shape index (κ1) is 13.5. The summed E-state index contributed by atoms with van der Waals surface area (Å²) in [5.41, 5.74) is 17.9. The first-order valence-electron chi connectivity index (χ1n) is 5.13. The minimum atomic E-state index is -0.110. The molecule has 0 radical (unpaired) electrons. The molecular formula is C11H16BrN5. The summed E-state index contributed by atoms with van der Waals surface area (Å²) in [6.45, 7) is 4.25. The third-order valence-electron chi connectivity index (χ3n) is 2.12. The highest BCUT2D eigenvalue weighted by Gasteiger charge is 2.04. The van der Waals surface area contributed by atoms with E-state index >= 15 is 0 Å². The molecular weight excluding hydrogens is 282 g/mol. The molecule has 0 aliphatic heterocycles. The number of rotatable bonds is 2. The molecule has 0 amide bonds. The van der Waals surface area contributed by atoms with Crippen molar-refractivity contribution in [3.63, 3.8) is 0 Å². The van der Waals surface area contributed by atoms with Gasteiger partial charge in [-0.15, -0.1) is 0 Å². The van der Waals surface area contributed by atoms with Crippen LogP contribution in [0.3, 0.4) is 0 Å². The van der Waals surface area contributed by atoms with Crippen LogP contribution in [0.4, 0.5) is 5.69 Å². The smallest absolute Gasteiger partial charge is 0.223 e. The molecule has 0 aliphatic carbocycles. The van der Waals surface area contributed by atoms with Gasteiger partial charge in [-0.3, -0.25) is 0 Å². The maximum absolute atomic E-state index is 5.56. The van der Waals surface area contributed by atoms with E-state index in [2.05, 4.69) is 39.8 Å². The van der Waals surface area contributed by atoms with Crippen molar-refractivity contribution in [3.8, 4) is 0 Å². The van der Waals surface area contributed by atoms with Gasteiger partial charge in [0, 0.05) is 4.47 Å². The predicted molar refractivity (Wildman–Crippen MR) is 75.3 cm³/mol. The van der Waals surface area contributed by atoms with Gasteiger partial charge in [-0.1, -0.05) is 19.9 Å². The summed E-state index contributed by atoms with van der Waals surface area (Å²) in [6.07, 6.45) is 0. The van der Waals surface area contributed by atoms with E-state index in [0.29, 0.717) is 11.6 Å². The number of guanidine groups is 2. The van der Waals surface area contributed by atoms with E-state index in [-0.39, 0.29) is 11.9 Å². The SMILES string of the molecule is CC(C)c1ccc(N=C(N)N=C(N)N)c(Br)c1. The van der Waals surface area contributed by atoms with Crippen molar-refractivity contribution < 1.29 is 0 Å². The number of aliphatic imine (C=N–C) groups is 2. The Hall–Kier alpha value is -1.56. The van der Waals surface area contributed by atoms with Gasteiger partial charge < -0.3 is 17.2 Å². The van der Waals surface area contributed by atoms with Gasteiger partial charge in [0.05, 0.1) is 5.69 Å². The Morgan fingerprint density at radius 2 is 1.88 bits per heavy atom. The first-order chi connectivity index (χ1) is 7.90. The van der Waals surface area contributed by atoms with Crippen LogP contribution in [0.1, 0.15) is 25.3 Å². The second-order valence-corrected chi connectivity index (χ2v) is 4.73. The van der Waals surface area contributed by atoms with Gasteiger partial charge >= 0.3 is 0 Å². The summed E-state index contributed by atoms with van der Waals surface area (Å²) < 4.78 is 0.859. The second-order valence-electron chi connectivity index (χ2n) is 3.87. The van der Waals surface area contributed by atoms with E-state index in [1.165, 1.54) is 5.56 Å². The normalized spacial score (nSPS) is 11.6. The van der Waals surface area contributed by atoms with Gasteiger partial charge in [-0.25, -0.2) is 4.99 Å². The average molecular weight is 298 g/mol. The summed E-state index contributed by atoms with van der Waals surface area (Å²) >= 11 is 3.44. The zero-order valence-electron chi connectivity index (χ0n) is 9.81. The Morgan fingerprint density at radius 3 is 2.35 bits per heavy atom. The highest BCUT2D eigenvalue weighted by atomic mass is 79.9. The molecule has 5 nitrogen and oxygen atoms in total. The lowest BCUT2D eigenvalue weighted by Crippen LogP contribution is -2.26. The minimum absolute atomic E-state index is 0.0306. The van der Waals surface area contributed by atoms with Crippen LogP contribution in [-0.2, 0) is 0 Å². The lowest BCUT2D eigenvalue weighted by atomic mass is 10.0. The van der Waals surface area contributed by atoms with E-state index < -0.39 is 0 Å². The van der Waals surface area contributed by atoms with Gasteiger partial charge in [0.25, 0.3) is 0 Å². The molecule has 0 unspecified atom stereocenters. The van der Waals surface area contributed by atoms with Crippen LogP contribution in [0.5, 0.6) is 0 Å². The number of hydrogen-bond donors (Lipinski definition) is 3. The molecule has 0 atom stereocenters. The van der Waals surface area contributed by atoms with Crippen LogP contribution >= 0.6 is 15.9 Å². The van der Waals surface area contributed by atoms with Crippen molar-refractivity contribution >= 4 is 33.5 Å². The van der Waals surface area contributed by atoms with E-state index in [4.69, 9.17) is 17.2 Å². The van der Waals surface area contributed by atoms with Gasteiger partial charge in [-0.05, 0) is 39.5 Å². The fourth-order valence-corrected chi connectivity index (χ4v) is 1.74. The molecule has 17 heavy (non-hydrogen) atoms. The molecule has 1 rings (SSSR count). The van der Waals surface area contributed by atoms with E-state index in [9.17, 15) is 0 Å². The third kappa shape index (κ3) is 4.07. The minimum Gasteiger partial charge on any atom is -0.370 e. The Kier molecular flexibility index (Phi) is 4.51. The second kappa shape index (κ2) is 5.67. The number of nitrogens with zero attached hydrogens (tertiary/aromatic N) is 2. The van der Waals surface area contributed by atoms with E-state index in [1.807, 2.05) is 18.2 Å². The topological polar surface area (TPSA) is 103 Å². The zero-order valence-corrected chi connectivity index (χ0v) is 11.4. The van der Waals surface area contributed by atoms with Crippen LogP contribution in [0.15, 0.2) is 32.7 Å². The molecule has 0 spiro atoms. The van der Waals surface area contributed by atoms with Crippen LogP contribution in [-0.4, -0.2) is 11.9 Å². The summed E-state index contributed by atoms with van der Waals surface area (Å²) in [5, 5.41) is 0. The molecule has 0 saturated carbocycles. The molecule has 0 bridgehead atoms. The molecule has 6 heteroatoms. The summed E-state index contributed by atoms with van der Waals surface area (Å²) in [7, 11) is 0. The standard InChI is InChI=1S/C11H16BrN5/c1-6(2)7-3-4-9(8(12)5-7)16-11(15)17-10(13)14/h3-6H,1-2H3,(H6,13,14,15,16,17). The Balaban J connectivity index is 3.05. The summed E-state index contributed by atoms with van der Waals surface area (Å²) in [5.74, 6) is 0.378. The Labute approximate surface area is 109 Å². The van der Waals surface area contributed by atoms with E-state index in [0.717, 1.165) is 4.47 Å². The monoisotopic (exact) mass is 297 g/mol. The lowest BCUT2D eigenvalue weighted by molar-refractivity contribution is 0.866. The van der Waals surface area contributed by atoms with Crippen molar-refractivity contribution in [2.24, 2.45) is 27.2 Å². The molecule has 0 heterocycles. The van der Waals surface area contributed by atoms with Gasteiger partial charge in [0.1, 0.15) is 0 Å². The quantitative estimate of drug-likeness (QED) is 0.573. The molecule has 6 N–H and O–H groups in total. The zero-order chi connectivity index (χ0) is 13.0. The molecule has 0 aromatic heterocycles. The fraction of sp³-hybridized carbons (Fsp3) is 0.273. The van der Waals surface area contributed by atoms with Crippen molar-refractivity contribution in [1.29, 1.82) is 0 Å². The van der Waals surface area contributed by atoms with Crippen LogP contribution in [0.25, 0.3) is 0 Å². The Morgan fingerprint density at radius 1 is 1.24 bits per heavy atom. The maximum Gasteiger partial charge on any atom is 0.223 e. The first-order valence-corrected chi connectivity index (χ1v) is 5.92. The average Bonchev–Trinajstić information content (AvgIpc) is 2.19. The van der Waals surface area contributed by atoms with Crippen molar-refractivity contribution in [2.45, 2.75) is 19.8 Å². The van der Waals surface area contributed by atoms with Crippen LogP contribution in [0.2, 0.25) is 0 Å². The van der Waals surface area contributed by atoms with Crippen LogP contribution in [0, 0.1) is 0 Å². The van der Waals surface area contributed by atoms with Crippen molar-refractivity contribution in [2.75, 3.05) is 0 Å². The molecule has 0 fully saturated rings. The molecule has 0 saturated heterocycles. The fourth-order valence-electron chi connectivity index (χ4n) is 1.25. The van der Waals surface area contributed by atoms with Gasteiger partial charge in [0.15, 0.2) is 5.96 Å². The number of nitrogens with two attached hydrogens (primary N) is 3. The number of hydrogen-bond acceptors (Lipinski definition) is 1. The molecule has 92 valence electrons. The number of halogens is 1. The third-order valence-corrected chi connectivity index (χ3v) is 2.75. The predicted octanol–water partition coefficient (Wildman–Crippen LogP) is 1.79. The van der Waals surface area contributed by atoms with E-state index in [1.54, 1.807) is 0 Å². The summed E-state index contributed by atoms with van der Waals surface area (Å²) in [4.78, 5) is 7.75. The lowest BCUT2D eigenvalue weighted by Gasteiger charge is -2.07. The van der Waals surface area contributed by atoms with Gasteiger partial charge in [0.2, 0.25) is 5.96 Å². The highest BCUT2D eigenvalue weighted by Crippen LogP contribution is 2.29. The highest BCUT2D eigenvalue weighted by molar-refractivity contribution is 9.10. The van der Waals surface area contributed by atoms with Crippen LogP contribution < -0.4 is 17.2 Å². The van der Waals surface area contributed by atoms with Gasteiger partial charge in [-0.2, -0.15) is 4.99 Å².